The number of fused-ring (bicyclic) bond motifs is 9. The summed E-state index contributed by atoms with van der Waals surface area (Å²) in [6, 6.07) is 145. The summed E-state index contributed by atoms with van der Waals surface area (Å²) < 4.78 is 2.52. The van der Waals surface area contributed by atoms with Crippen LogP contribution in [0.15, 0.2) is 401 Å². The molecule has 0 amide bonds. The Morgan fingerprint density at radius 3 is 1.19 bits per heavy atom. The van der Waals surface area contributed by atoms with Crippen LogP contribution < -0.4 is 4.57 Å². The van der Waals surface area contributed by atoms with Crippen LogP contribution in [-0.2, 0) is 125 Å². The molecule has 2 atom stereocenters. The third-order valence-electron chi connectivity index (χ3n) is 25.5. The zero-order chi connectivity index (χ0) is 91.5. The summed E-state index contributed by atoms with van der Waals surface area (Å²) in [5.41, 5.74) is 40.2. The minimum atomic E-state index is 0. The quantitative estimate of drug-likeness (QED) is 0.0554. The molecular weight excluding hydrogens is 2210 g/mol. The minimum Gasteiger partial charge on any atom is -0.305 e. The summed E-state index contributed by atoms with van der Waals surface area (Å²) >= 11 is 0. The molecule has 4 aliphatic rings. The maximum atomic E-state index is 4.73. The second-order valence-electron chi connectivity index (χ2n) is 35.5. The van der Waals surface area contributed by atoms with Gasteiger partial charge in [0.2, 0.25) is 5.69 Å². The standard InChI is InChI=1S/C45H36N3.C21H22N.C18H14N.C17H12N.C15H16N.C11H8N.3Ir/c1-4-10-40(11-5-1)43-25-22-34(31-46-43)16-19-37-28-38(20-17-35-23-26-44(47-32-35)41-12-6-2-7-13-41)30-39(29-37)21-18-36-24-27-45(48-33-36)42-14-8-3-9-15-42;1-2-4-16-11-22-12-17-8-18-14-5-6-15(7-14)19(18)10-20(17)21(22)9-13(16)3-1;1-14-7-5-6-10-17(14)16-11-12-18(19-13-16)15-8-3-2-4-9-15;1-2-7-14(8-3-1)15-9-6-10-16(13-15)17-11-4-5-12-18-17;1-12(2)11-14-9-6-10-15(16-14)13-7-4-3-5-8-13;1-2-6-10(7-3-1)11-8-4-5-9-12-11;;;/h1-10,12,14,22-33H,16-21H2;8-11,14-15H,1-7,12H2;2-8,10-13H,1H3;1-9,11-13H;3-7,9-10,12H,11H2,1-2H3;1-6,8-9H;;;/q-3;+1;4*-1;;;+3. The maximum Gasteiger partial charge on any atom is 3.00 e. The van der Waals surface area contributed by atoms with Crippen molar-refractivity contribution >= 4 is 0 Å². The Hall–Kier alpha value is -13.4. The fourth-order valence-corrected chi connectivity index (χ4v) is 18.5. The van der Waals surface area contributed by atoms with Crippen molar-refractivity contribution in [2.45, 2.75) is 129 Å². The average molecular weight is 2320 g/mol. The van der Waals surface area contributed by atoms with E-state index in [1.54, 1.807) is 45.8 Å². The number of nitrogens with zero attached hydrogens (tertiary/aromatic N) is 8. The van der Waals surface area contributed by atoms with Gasteiger partial charge in [-0.15, -0.1) is 251 Å². The molecule has 8 aromatic heterocycles. The van der Waals surface area contributed by atoms with E-state index in [-0.39, 0.29) is 60.3 Å². The predicted octanol–water partition coefficient (Wildman–Crippen LogP) is 28.9. The summed E-state index contributed by atoms with van der Waals surface area (Å²) in [4.78, 5) is 31.9. The van der Waals surface area contributed by atoms with E-state index < -0.39 is 0 Å². The minimum absolute atomic E-state index is 0. The number of pyridine rings is 8. The molecule has 686 valence electrons. The average Bonchev–Trinajstić information content (AvgIpc) is 1.58. The van der Waals surface area contributed by atoms with Gasteiger partial charge in [-0.25, -0.2) is 0 Å². The van der Waals surface area contributed by atoms with E-state index in [0.29, 0.717) is 5.92 Å². The number of rotatable bonds is 20. The molecule has 138 heavy (non-hydrogen) atoms. The van der Waals surface area contributed by atoms with Crippen molar-refractivity contribution in [2.75, 3.05) is 0 Å². The monoisotopic (exact) mass is 2320 g/mol. The number of aryl methyl sites for hydroxylation is 9. The van der Waals surface area contributed by atoms with E-state index in [9.17, 15) is 0 Å². The molecule has 1 saturated carbocycles. The second-order valence-corrected chi connectivity index (χ2v) is 35.5. The zero-order valence-corrected chi connectivity index (χ0v) is 85.2. The summed E-state index contributed by atoms with van der Waals surface area (Å²) in [7, 11) is 0. The van der Waals surface area contributed by atoms with Crippen molar-refractivity contribution < 1.29 is 64.9 Å². The van der Waals surface area contributed by atoms with Gasteiger partial charge in [0.25, 0.3) is 0 Å². The van der Waals surface area contributed by atoms with Gasteiger partial charge in [0.15, 0.2) is 12.7 Å². The summed E-state index contributed by atoms with van der Waals surface area (Å²) in [6.07, 6.45) is 30.4. The molecule has 0 N–H and O–H groups in total. The first-order valence-corrected chi connectivity index (χ1v) is 47.5. The van der Waals surface area contributed by atoms with Crippen LogP contribution in [0, 0.1) is 55.3 Å². The molecule has 3 aliphatic carbocycles. The van der Waals surface area contributed by atoms with Crippen LogP contribution in [0.2, 0.25) is 0 Å². The van der Waals surface area contributed by atoms with Crippen molar-refractivity contribution in [1.29, 1.82) is 0 Å². The van der Waals surface area contributed by atoms with Crippen molar-refractivity contribution in [3.8, 4) is 112 Å². The van der Waals surface area contributed by atoms with Gasteiger partial charge in [-0.1, -0.05) is 172 Å². The number of hydrogen-bond donors (Lipinski definition) is 0. The molecule has 0 saturated heterocycles. The first-order valence-electron chi connectivity index (χ1n) is 47.5. The van der Waals surface area contributed by atoms with Gasteiger partial charge in [0.1, 0.15) is 0 Å². The van der Waals surface area contributed by atoms with Crippen LogP contribution in [0.25, 0.3) is 112 Å². The molecule has 1 aliphatic heterocycles. The molecule has 0 spiro atoms. The van der Waals surface area contributed by atoms with Crippen LogP contribution in [-0.4, -0.2) is 34.9 Å². The number of hydrogen-bond acceptors (Lipinski definition) is 7. The van der Waals surface area contributed by atoms with Crippen LogP contribution >= 0.6 is 0 Å². The van der Waals surface area contributed by atoms with E-state index in [2.05, 4.69) is 233 Å². The maximum absolute atomic E-state index is 4.73. The van der Waals surface area contributed by atoms with Gasteiger partial charge in [0, 0.05) is 100 Å². The molecule has 2 bridgehead atoms. The Morgan fingerprint density at radius 1 is 0.319 bits per heavy atom. The summed E-state index contributed by atoms with van der Waals surface area (Å²) in [5.74, 6) is 2.40. The van der Waals surface area contributed by atoms with E-state index >= 15 is 0 Å². The fraction of sp³-hybridized carbons (Fsp3) is 0.165. The Bertz CT molecular complexity index is 6650. The SMILES string of the molecule is CC(C)Cc1cccc(-c2[c-]cccc2)n1.Cc1ccccc1-c1ccc(-c2[c-]cccc2)nc1.[Ir+3].[Ir].[Ir].[c-]1ccc(-c2ccccc2)cc1-c1ccccn1.[c-]1ccccc1-c1ccc(CCc2cc(CCc3ccc(-c4[c-]cccc4)nc3)cc(CCc3ccc(-c4[c-]cccc4)nc3)c2)cn1.[c-]1ccccc1-c1ccccn1.c1c2c(cc3c1C1CCC3C1)-c1cc3c(c[n+]1C2)CCCC3. The third kappa shape index (κ3) is 26.7. The van der Waals surface area contributed by atoms with E-state index in [4.69, 9.17) is 15.0 Å². The van der Waals surface area contributed by atoms with Gasteiger partial charge in [-0.3, -0.25) is 0 Å². The smallest absolute Gasteiger partial charge is 0.305 e. The Balaban J connectivity index is 0.000000135. The predicted molar refractivity (Wildman–Crippen MR) is 550 cm³/mol. The Labute approximate surface area is 856 Å². The molecular formula is C127H108Ir3N8-3. The van der Waals surface area contributed by atoms with Gasteiger partial charge >= 0.3 is 20.1 Å². The van der Waals surface area contributed by atoms with Gasteiger partial charge in [-0.05, 0) is 257 Å². The van der Waals surface area contributed by atoms with Crippen LogP contribution in [0.1, 0.15) is 130 Å². The number of aromatic nitrogens is 8. The van der Waals surface area contributed by atoms with Crippen molar-refractivity contribution in [1.82, 2.24) is 34.9 Å². The van der Waals surface area contributed by atoms with Crippen molar-refractivity contribution in [3.63, 3.8) is 0 Å². The molecule has 8 nitrogen and oxygen atoms in total. The summed E-state index contributed by atoms with van der Waals surface area (Å²) in [5, 5.41) is 0. The van der Waals surface area contributed by atoms with E-state index in [1.165, 1.54) is 106 Å². The fourth-order valence-electron chi connectivity index (χ4n) is 18.5. The normalized spacial score (nSPS) is 12.9. The van der Waals surface area contributed by atoms with Crippen LogP contribution in [0.4, 0.5) is 0 Å². The third-order valence-corrected chi connectivity index (χ3v) is 25.5. The van der Waals surface area contributed by atoms with Crippen LogP contribution in [0.5, 0.6) is 0 Å². The number of benzene rings is 11. The van der Waals surface area contributed by atoms with Gasteiger partial charge in [-0.2, -0.15) is 4.57 Å². The van der Waals surface area contributed by atoms with E-state index in [0.717, 1.165) is 153 Å². The molecule has 1 fully saturated rings. The summed E-state index contributed by atoms with van der Waals surface area (Å²) in [6.45, 7) is 7.64. The zero-order valence-electron chi connectivity index (χ0n) is 78.0. The van der Waals surface area contributed by atoms with Crippen molar-refractivity contribution in [2.24, 2.45) is 5.92 Å². The van der Waals surface area contributed by atoms with Crippen molar-refractivity contribution in [3.05, 3.63) is 516 Å². The largest absolute Gasteiger partial charge is 3.00 e. The molecule has 11 heteroatoms. The molecule has 9 heterocycles. The molecule has 23 rings (SSSR count). The first kappa shape index (κ1) is 99.1. The van der Waals surface area contributed by atoms with Gasteiger partial charge < -0.3 is 34.9 Å². The first-order chi connectivity index (χ1) is 66.6. The Kier molecular flexibility index (Phi) is 35.9. The Morgan fingerprint density at radius 2 is 0.739 bits per heavy atom. The van der Waals surface area contributed by atoms with E-state index in [1.807, 2.05) is 243 Å². The molecule has 11 aromatic carbocycles. The van der Waals surface area contributed by atoms with Crippen LogP contribution in [0.3, 0.4) is 0 Å². The second kappa shape index (κ2) is 50.1. The molecule has 2 radical (unpaired) electrons. The molecule has 2 unspecified atom stereocenters. The topological polar surface area (TPSA) is 94.1 Å². The van der Waals surface area contributed by atoms with Gasteiger partial charge in [0.05, 0.1) is 5.56 Å². The molecule has 19 aromatic rings.